The Morgan fingerprint density at radius 2 is 1.58 bits per heavy atom. The highest BCUT2D eigenvalue weighted by molar-refractivity contribution is 6.09. The Kier molecular flexibility index (Phi) is 3.24. The largest absolute Gasteiger partial charge is 0.466 e. The predicted octanol–water partition coefficient (Wildman–Crippen LogP) is 1.26. The van der Waals surface area contributed by atoms with Gasteiger partial charge in [0.05, 0.1) is 31.3 Å². The number of hydrogen-bond acceptors (Lipinski definition) is 5. The molecule has 5 heteroatoms. The summed E-state index contributed by atoms with van der Waals surface area (Å²) < 4.78 is 9.51. The van der Waals surface area contributed by atoms with E-state index in [0.717, 1.165) is 0 Å². The van der Waals surface area contributed by atoms with Crippen LogP contribution in [-0.2, 0) is 23.9 Å². The number of carbonyl (C=O) groups excluding carboxylic acids is 3. The molecule has 0 aromatic heterocycles. The van der Waals surface area contributed by atoms with Crippen LogP contribution in [0.2, 0.25) is 0 Å². The van der Waals surface area contributed by atoms with Gasteiger partial charge in [0.1, 0.15) is 5.78 Å². The first-order valence-electron chi connectivity index (χ1n) is 6.31. The fourth-order valence-corrected chi connectivity index (χ4v) is 3.33. The second-order valence-corrected chi connectivity index (χ2v) is 5.58. The standard InChI is InChI=1S/C14H18O5/c1-14(2)8-6-5-7(11(14)15)9(12(16)18-3)10(8)13(17)19-4/h7-8H,5-6H2,1-4H3. The molecule has 0 radical (unpaired) electrons. The third-order valence-electron chi connectivity index (χ3n) is 4.36. The zero-order valence-corrected chi connectivity index (χ0v) is 11.6. The van der Waals surface area contributed by atoms with Gasteiger partial charge in [0, 0.05) is 11.3 Å². The molecule has 0 amide bonds. The van der Waals surface area contributed by atoms with Crippen LogP contribution in [0.15, 0.2) is 11.1 Å². The van der Waals surface area contributed by atoms with Crippen LogP contribution in [-0.4, -0.2) is 31.9 Å². The van der Waals surface area contributed by atoms with E-state index in [0.29, 0.717) is 18.4 Å². The van der Waals surface area contributed by atoms with Crippen molar-refractivity contribution in [2.45, 2.75) is 26.7 Å². The number of methoxy groups -OCH3 is 2. The van der Waals surface area contributed by atoms with Gasteiger partial charge in [0.25, 0.3) is 0 Å². The summed E-state index contributed by atoms with van der Waals surface area (Å²) in [7, 11) is 2.53. The highest BCUT2D eigenvalue weighted by atomic mass is 16.5. The summed E-state index contributed by atoms with van der Waals surface area (Å²) in [5, 5.41) is 0. The van der Waals surface area contributed by atoms with E-state index >= 15 is 0 Å². The van der Waals surface area contributed by atoms with Gasteiger partial charge in [0.15, 0.2) is 0 Å². The Hall–Kier alpha value is -1.65. The van der Waals surface area contributed by atoms with Crippen molar-refractivity contribution in [1.82, 2.24) is 0 Å². The van der Waals surface area contributed by atoms with Crippen molar-refractivity contribution in [3.05, 3.63) is 11.1 Å². The summed E-state index contributed by atoms with van der Waals surface area (Å²) in [6.45, 7) is 3.65. The van der Waals surface area contributed by atoms with Crippen LogP contribution in [0.3, 0.4) is 0 Å². The molecule has 0 saturated heterocycles. The van der Waals surface area contributed by atoms with E-state index in [2.05, 4.69) is 0 Å². The lowest BCUT2D eigenvalue weighted by Gasteiger charge is -2.47. The van der Waals surface area contributed by atoms with E-state index in [-0.39, 0.29) is 17.3 Å². The molecule has 104 valence electrons. The van der Waals surface area contributed by atoms with Crippen molar-refractivity contribution < 1.29 is 23.9 Å². The van der Waals surface area contributed by atoms with Crippen molar-refractivity contribution in [2.24, 2.45) is 17.3 Å². The Balaban J connectivity index is 2.64. The minimum absolute atomic E-state index is 0.0109. The molecular weight excluding hydrogens is 248 g/mol. The van der Waals surface area contributed by atoms with E-state index in [1.54, 1.807) is 0 Å². The van der Waals surface area contributed by atoms with Gasteiger partial charge in [-0.1, -0.05) is 13.8 Å². The van der Waals surface area contributed by atoms with Crippen molar-refractivity contribution in [3.8, 4) is 0 Å². The van der Waals surface area contributed by atoms with E-state index in [1.807, 2.05) is 13.8 Å². The molecule has 3 aliphatic rings. The summed E-state index contributed by atoms with van der Waals surface area (Å²) in [5.41, 5.74) is -0.102. The summed E-state index contributed by atoms with van der Waals surface area (Å²) >= 11 is 0. The Bertz CT molecular complexity index is 486. The summed E-state index contributed by atoms with van der Waals surface area (Å²) in [6, 6.07) is 0. The Labute approximate surface area is 111 Å². The van der Waals surface area contributed by atoms with Crippen LogP contribution in [0.5, 0.6) is 0 Å². The quantitative estimate of drug-likeness (QED) is 0.704. The first-order valence-corrected chi connectivity index (χ1v) is 6.31. The highest BCUT2D eigenvalue weighted by Gasteiger charge is 2.56. The molecule has 2 atom stereocenters. The molecule has 0 aliphatic heterocycles. The van der Waals surface area contributed by atoms with Gasteiger partial charge < -0.3 is 9.47 Å². The lowest BCUT2D eigenvalue weighted by Crippen LogP contribution is -2.51. The first-order chi connectivity index (χ1) is 8.86. The van der Waals surface area contributed by atoms with E-state index < -0.39 is 23.3 Å². The van der Waals surface area contributed by atoms with Gasteiger partial charge in [-0.2, -0.15) is 0 Å². The lowest BCUT2D eigenvalue weighted by atomic mass is 9.54. The molecular formula is C14H18O5. The summed E-state index contributed by atoms with van der Waals surface area (Å²) in [4.78, 5) is 36.3. The van der Waals surface area contributed by atoms with Crippen molar-refractivity contribution >= 4 is 17.7 Å². The maximum atomic E-state index is 12.4. The normalized spacial score (nSPS) is 28.3. The average Bonchev–Trinajstić information content (AvgIpc) is 2.41. The molecule has 2 bridgehead atoms. The van der Waals surface area contributed by atoms with Crippen LogP contribution in [0.4, 0.5) is 0 Å². The van der Waals surface area contributed by atoms with Crippen LogP contribution in [0.1, 0.15) is 26.7 Å². The second-order valence-electron chi connectivity index (χ2n) is 5.58. The first kappa shape index (κ1) is 13.8. The number of ketones is 1. The molecule has 19 heavy (non-hydrogen) atoms. The van der Waals surface area contributed by atoms with Crippen LogP contribution in [0.25, 0.3) is 0 Å². The molecule has 0 heterocycles. The van der Waals surface area contributed by atoms with Crippen LogP contribution in [0, 0.1) is 17.3 Å². The summed E-state index contributed by atoms with van der Waals surface area (Å²) in [6.07, 6.45) is 1.31. The molecule has 1 fully saturated rings. The molecule has 0 aromatic carbocycles. The zero-order chi connectivity index (χ0) is 14.4. The van der Waals surface area contributed by atoms with E-state index in [4.69, 9.17) is 9.47 Å². The van der Waals surface area contributed by atoms with Crippen LogP contribution < -0.4 is 0 Å². The predicted molar refractivity (Wildman–Crippen MR) is 66.1 cm³/mol. The number of ether oxygens (including phenoxy) is 2. The molecule has 3 aliphatic carbocycles. The molecule has 2 unspecified atom stereocenters. The van der Waals surface area contributed by atoms with Gasteiger partial charge >= 0.3 is 11.9 Å². The van der Waals surface area contributed by atoms with E-state index in [1.165, 1.54) is 14.2 Å². The fourth-order valence-electron chi connectivity index (χ4n) is 3.33. The summed E-state index contributed by atoms with van der Waals surface area (Å²) in [5.74, 6) is -1.93. The van der Waals surface area contributed by atoms with Gasteiger partial charge in [-0.15, -0.1) is 0 Å². The van der Waals surface area contributed by atoms with Gasteiger partial charge in [-0.25, -0.2) is 9.59 Å². The van der Waals surface area contributed by atoms with Gasteiger partial charge in [-0.3, -0.25) is 4.79 Å². The smallest absolute Gasteiger partial charge is 0.335 e. The topological polar surface area (TPSA) is 69.7 Å². The molecule has 3 rings (SSSR count). The SMILES string of the molecule is COC(=O)C1=C(C(=O)OC)C2CCC1C(=O)C2(C)C. The molecule has 1 saturated carbocycles. The van der Waals surface area contributed by atoms with Gasteiger partial charge in [-0.05, 0) is 12.8 Å². The zero-order valence-electron chi connectivity index (χ0n) is 11.6. The highest BCUT2D eigenvalue weighted by Crippen LogP contribution is 2.53. The van der Waals surface area contributed by atoms with Crippen molar-refractivity contribution in [3.63, 3.8) is 0 Å². The average molecular weight is 266 g/mol. The molecule has 0 spiro atoms. The fraction of sp³-hybridized carbons (Fsp3) is 0.643. The van der Waals surface area contributed by atoms with Crippen molar-refractivity contribution in [2.75, 3.05) is 14.2 Å². The van der Waals surface area contributed by atoms with E-state index in [9.17, 15) is 14.4 Å². The monoisotopic (exact) mass is 266 g/mol. The number of fused-ring (bicyclic) bond motifs is 2. The number of hydrogen-bond donors (Lipinski definition) is 0. The maximum Gasteiger partial charge on any atom is 0.335 e. The van der Waals surface area contributed by atoms with Crippen LogP contribution >= 0.6 is 0 Å². The Morgan fingerprint density at radius 1 is 1.05 bits per heavy atom. The number of carbonyl (C=O) groups is 3. The molecule has 5 nitrogen and oxygen atoms in total. The third kappa shape index (κ3) is 1.79. The number of rotatable bonds is 2. The molecule has 0 N–H and O–H groups in total. The molecule has 0 aromatic rings. The van der Waals surface area contributed by atoms with Gasteiger partial charge in [0.2, 0.25) is 0 Å². The maximum absolute atomic E-state index is 12.4. The minimum Gasteiger partial charge on any atom is -0.466 e. The number of esters is 2. The minimum atomic E-state index is -0.635. The van der Waals surface area contributed by atoms with Crippen molar-refractivity contribution in [1.29, 1.82) is 0 Å². The number of Topliss-reactive ketones (excluding diaryl/α,β-unsaturated/α-hetero) is 1. The second kappa shape index (κ2) is 4.47. The third-order valence-corrected chi connectivity index (χ3v) is 4.36. The Morgan fingerprint density at radius 3 is 2.11 bits per heavy atom. The lowest BCUT2D eigenvalue weighted by molar-refractivity contribution is -0.148.